The predicted molar refractivity (Wildman–Crippen MR) is 68.2 cm³/mol. The number of hydrogen-bond donors (Lipinski definition) is 2. The summed E-state index contributed by atoms with van der Waals surface area (Å²) < 4.78 is 24.0. The normalized spacial score (nSPS) is 11.2. The van der Waals surface area contributed by atoms with Crippen molar-refractivity contribution in [2.75, 3.05) is 11.1 Å². The molecular weight excluding hydrogens is 268 g/mol. The van der Waals surface area contributed by atoms with E-state index in [9.17, 15) is 13.2 Å². The molecule has 0 unspecified atom stereocenters. The first-order valence-electron chi connectivity index (χ1n) is 5.42. The van der Waals surface area contributed by atoms with E-state index in [1.54, 1.807) is 12.1 Å². The molecule has 8 heteroatoms. The van der Waals surface area contributed by atoms with Gasteiger partial charge in [-0.2, -0.15) is 10.1 Å². The molecule has 1 heterocycles. The molecule has 2 N–H and O–H groups in total. The van der Waals surface area contributed by atoms with Gasteiger partial charge in [-0.25, -0.2) is 13.5 Å². The molecule has 0 spiro atoms. The molecule has 1 aromatic heterocycles. The maximum absolute atomic E-state index is 12.0. The summed E-state index contributed by atoms with van der Waals surface area (Å²) >= 11 is 0. The van der Waals surface area contributed by atoms with E-state index in [0.717, 1.165) is 5.56 Å². The lowest BCUT2D eigenvalue weighted by Crippen LogP contribution is -2.23. The first kappa shape index (κ1) is 13.2. The Morgan fingerprint density at radius 3 is 2.58 bits per heavy atom. The first-order chi connectivity index (χ1) is 8.97. The SMILES string of the molecule is Cc1ccc(S(=O)(=O)CC(=O)Nc2ncn[nH]2)cc1. The van der Waals surface area contributed by atoms with Crippen molar-refractivity contribution in [3.05, 3.63) is 36.2 Å². The van der Waals surface area contributed by atoms with Crippen molar-refractivity contribution in [1.82, 2.24) is 15.2 Å². The number of aromatic amines is 1. The highest BCUT2D eigenvalue weighted by atomic mass is 32.2. The van der Waals surface area contributed by atoms with Crippen LogP contribution >= 0.6 is 0 Å². The van der Waals surface area contributed by atoms with Crippen LogP contribution in [0.2, 0.25) is 0 Å². The number of benzene rings is 1. The third kappa shape index (κ3) is 3.38. The molecule has 0 aliphatic carbocycles. The van der Waals surface area contributed by atoms with E-state index >= 15 is 0 Å². The van der Waals surface area contributed by atoms with Crippen molar-refractivity contribution in [2.24, 2.45) is 0 Å². The maximum atomic E-state index is 12.0. The molecule has 0 fully saturated rings. The summed E-state index contributed by atoms with van der Waals surface area (Å²) in [5.74, 6) is -1.20. The number of nitrogens with one attached hydrogen (secondary N) is 2. The van der Waals surface area contributed by atoms with Crippen LogP contribution in [-0.4, -0.2) is 35.3 Å². The van der Waals surface area contributed by atoms with E-state index in [1.165, 1.54) is 18.5 Å². The molecule has 2 aromatic rings. The van der Waals surface area contributed by atoms with Crippen molar-refractivity contribution < 1.29 is 13.2 Å². The molecule has 1 amide bonds. The Bertz CT molecular complexity index is 662. The van der Waals surface area contributed by atoms with Gasteiger partial charge in [-0.05, 0) is 19.1 Å². The second kappa shape index (κ2) is 5.19. The number of aryl methyl sites for hydroxylation is 1. The monoisotopic (exact) mass is 280 g/mol. The molecule has 2 rings (SSSR count). The number of sulfone groups is 1. The van der Waals surface area contributed by atoms with Crippen LogP contribution in [0.15, 0.2) is 35.5 Å². The van der Waals surface area contributed by atoms with Gasteiger partial charge in [0.05, 0.1) is 4.90 Å². The van der Waals surface area contributed by atoms with Gasteiger partial charge in [-0.3, -0.25) is 10.1 Å². The predicted octanol–water partition coefficient (Wildman–Crippen LogP) is 0.526. The van der Waals surface area contributed by atoms with Crippen LogP contribution in [0.1, 0.15) is 5.56 Å². The summed E-state index contributed by atoms with van der Waals surface area (Å²) in [5, 5.41) is 8.26. The Labute approximate surface area is 110 Å². The molecule has 0 radical (unpaired) electrons. The molecule has 0 atom stereocenters. The molecule has 1 aromatic carbocycles. The highest BCUT2D eigenvalue weighted by Crippen LogP contribution is 2.12. The minimum absolute atomic E-state index is 0.115. The summed E-state index contributed by atoms with van der Waals surface area (Å²) in [7, 11) is -3.65. The van der Waals surface area contributed by atoms with Crippen molar-refractivity contribution in [2.45, 2.75) is 11.8 Å². The molecule has 0 aliphatic rings. The zero-order valence-corrected chi connectivity index (χ0v) is 10.9. The number of hydrogen-bond acceptors (Lipinski definition) is 5. The fraction of sp³-hybridized carbons (Fsp3) is 0.182. The molecule has 19 heavy (non-hydrogen) atoms. The van der Waals surface area contributed by atoms with Crippen molar-refractivity contribution in [3.63, 3.8) is 0 Å². The summed E-state index contributed by atoms with van der Waals surface area (Å²) in [6, 6.07) is 6.32. The van der Waals surface area contributed by atoms with Gasteiger partial charge in [0.2, 0.25) is 11.9 Å². The molecule has 0 aliphatic heterocycles. The number of nitrogens with zero attached hydrogens (tertiary/aromatic N) is 2. The molecule has 0 bridgehead atoms. The lowest BCUT2D eigenvalue weighted by atomic mass is 10.2. The standard InChI is InChI=1S/C11H12N4O3S/c1-8-2-4-9(5-3-8)19(17,18)6-10(16)14-11-12-7-13-15-11/h2-5,7H,6H2,1H3,(H2,12,13,14,15,16). The summed E-state index contributed by atoms with van der Waals surface area (Å²) in [5.41, 5.74) is 0.949. The summed E-state index contributed by atoms with van der Waals surface area (Å²) in [6.45, 7) is 1.85. The minimum Gasteiger partial charge on any atom is -0.294 e. The summed E-state index contributed by atoms with van der Waals surface area (Å²) in [6.07, 6.45) is 1.21. The van der Waals surface area contributed by atoms with E-state index < -0.39 is 21.5 Å². The number of aromatic nitrogens is 3. The number of anilines is 1. The van der Waals surface area contributed by atoms with Crippen LogP contribution in [0.4, 0.5) is 5.95 Å². The lowest BCUT2D eigenvalue weighted by Gasteiger charge is -2.04. The van der Waals surface area contributed by atoms with Gasteiger partial charge in [-0.1, -0.05) is 17.7 Å². The Hall–Kier alpha value is -2.22. The number of carbonyl (C=O) groups is 1. The Morgan fingerprint density at radius 1 is 1.32 bits per heavy atom. The minimum atomic E-state index is -3.65. The van der Waals surface area contributed by atoms with Gasteiger partial charge in [0.25, 0.3) is 0 Å². The first-order valence-corrected chi connectivity index (χ1v) is 7.07. The number of carbonyl (C=O) groups excluding carboxylic acids is 1. The largest absolute Gasteiger partial charge is 0.294 e. The highest BCUT2D eigenvalue weighted by Gasteiger charge is 2.19. The lowest BCUT2D eigenvalue weighted by molar-refractivity contribution is -0.113. The van der Waals surface area contributed by atoms with Crippen molar-refractivity contribution >= 4 is 21.7 Å². The Balaban J connectivity index is 2.09. The van der Waals surface area contributed by atoms with Crippen molar-refractivity contribution in [3.8, 4) is 0 Å². The number of H-pyrrole nitrogens is 1. The van der Waals surface area contributed by atoms with Crippen molar-refractivity contribution in [1.29, 1.82) is 0 Å². The fourth-order valence-electron chi connectivity index (χ4n) is 1.44. The van der Waals surface area contributed by atoms with Gasteiger partial charge < -0.3 is 0 Å². The van der Waals surface area contributed by atoms with E-state index in [-0.39, 0.29) is 10.8 Å². The van der Waals surface area contributed by atoms with E-state index in [4.69, 9.17) is 0 Å². The topological polar surface area (TPSA) is 105 Å². The van der Waals surface area contributed by atoms with Gasteiger partial charge in [0.1, 0.15) is 12.1 Å². The summed E-state index contributed by atoms with van der Waals surface area (Å²) in [4.78, 5) is 15.4. The Morgan fingerprint density at radius 2 is 2.00 bits per heavy atom. The van der Waals surface area contributed by atoms with Crippen LogP contribution in [0.5, 0.6) is 0 Å². The number of rotatable bonds is 4. The quantitative estimate of drug-likeness (QED) is 0.849. The van der Waals surface area contributed by atoms with E-state index in [1.807, 2.05) is 6.92 Å². The second-order valence-electron chi connectivity index (χ2n) is 3.95. The highest BCUT2D eigenvalue weighted by molar-refractivity contribution is 7.92. The fourth-order valence-corrected chi connectivity index (χ4v) is 2.57. The van der Waals surface area contributed by atoms with Crippen LogP contribution < -0.4 is 5.32 Å². The third-order valence-electron chi connectivity index (χ3n) is 2.37. The molecule has 0 saturated heterocycles. The average Bonchev–Trinajstić information content (AvgIpc) is 2.81. The maximum Gasteiger partial charge on any atom is 0.242 e. The number of amides is 1. The molecule has 100 valence electrons. The van der Waals surface area contributed by atoms with Gasteiger partial charge >= 0.3 is 0 Å². The Kier molecular flexibility index (Phi) is 3.61. The smallest absolute Gasteiger partial charge is 0.242 e. The second-order valence-corrected chi connectivity index (χ2v) is 5.94. The van der Waals surface area contributed by atoms with Gasteiger partial charge in [0, 0.05) is 0 Å². The van der Waals surface area contributed by atoms with Crippen LogP contribution in [0, 0.1) is 6.92 Å². The molecule has 0 saturated carbocycles. The molecular formula is C11H12N4O3S. The van der Waals surface area contributed by atoms with E-state index in [2.05, 4.69) is 20.5 Å². The zero-order valence-electron chi connectivity index (χ0n) is 10.1. The van der Waals surface area contributed by atoms with Crippen LogP contribution in [-0.2, 0) is 14.6 Å². The van der Waals surface area contributed by atoms with Gasteiger partial charge in [0.15, 0.2) is 9.84 Å². The van der Waals surface area contributed by atoms with Gasteiger partial charge in [-0.15, -0.1) is 0 Å². The molecule has 7 nitrogen and oxygen atoms in total. The zero-order chi connectivity index (χ0) is 13.9. The third-order valence-corrected chi connectivity index (χ3v) is 4.01. The van der Waals surface area contributed by atoms with E-state index in [0.29, 0.717) is 0 Å². The average molecular weight is 280 g/mol. The van der Waals surface area contributed by atoms with Crippen LogP contribution in [0.25, 0.3) is 0 Å². The van der Waals surface area contributed by atoms with Crippen LogP contribution in [0.3, 0.4) is 0 Å².